The largest absolute Gasteiger partial charge is 0.462 e. The van der Waals surface area contributed by atoms with Gasteiger partial charge in [0.05, 0.1) is 5.76 Å². The number of allylic oxidation sites excluding steroid dienone is 1. The maximum Gasteiger partial charge on any atom is 0.130 e. The van der Waals surface area contributed by atoms with Crippen LogP contribution in [0.4, 0.5) is 0 Å². The van der Waals surface area contributed by atoms with Gasteiger partial charge in [0, 0.05) is 10.9 Å². The molecule has 1 aliphatic rings. The molecule has 62 valence electrons. The smallest absolute Gasteiger partial charge is 0.130 e. The zero-order valence-electron chi connectivity index (χ0n) is 6.64. The van der Waals surface area contributed by atoms with E-state index < -0.39 is 0 Å². The molecule has 0 unspecified atom stereocenters. The van der Waals surface area contributed by atoms with Gasteiger partial charge >= 0.3 is 0 Å². The lowest BCUT2D eigenvalue weighted by Gasteiger charge is -2.18. The van der Waals surface area contributed by atoms with Crippen molar-refractivity contribution in [3.8, 4) is 5.75 Å². The van der Waals surface area contributed by atoms with E-state index in [-0.39, 0.29) is 0 Å². The van der Waals surface area contributed by atoms with Gasteiger partial charge in [0.2, 0.25) is 0 Å². The van der Waals surface area contributed by atoms with Crippen LogP contribution in [0.25, 0.3) is 0 Å². The van der Waals surface area contributed by atoms with Gasteiger partial charge in [0.1, 0.15) is 5.75 Å². The van der Waals surface area contributed by atoms with Crippen LogP contribution < -0.4 is 4.74 Å². The Labute approximate surface area is 80.2 Å². The average molecular weight is 225 g/mol. The van der Waals surface area contributed by atoms with Gasteiger partial charge in [0.25, 0.3) is 0 Å². The molecular formula is C10H9BrO. The second-order valence-electron chi connectivity index (χ2n) is 2.89. The number of halogens is 1. The van der Waals surface area contributed by atoms with Crippen LogP contribution in [0.5, 0.6) is 5.75 Å². The van der Waals surface area contributed by atoms with Gasteiger partial charge in [-0.1, -0.05) is 22.5 Å². The minimum atomic E-state index is 0.866. The predicted molar refractivity (Wildman–Crippen MR) is 52.2 cm³/mol. The van der Waals surface area contributed by atoms with E-state index in [0.717, 1.165) is 28.8 Å². The number of hydrogen-bond donors (Lipinski definition) is 0. The molecule has 0 N–H and O–H groups in total. The first-order valence-corrected chi connectivity index (χ1v) is 4.69. The van der Waals surface area contributed by atoms with E-state index in [1.54, 1.807) is 0 Å². The first-order valence-electron chi connectivity index (χ1n) is 3.90. The Morgan fingerprint density at radius 1 is 1.33 bits per heavy atom. The summed E-state index contributed by atoms with van der Waals surface area (Å²) in [7, 11) is 0. The zero-order valence-corrected chi connectivity index (χ0v) is 8.23. The van der Waals surface area contributed by atoms with Gasteiger partial charge in [-0.15, -0.1) is 0 Å². The van der Waals surface area contributed by atoms with E-state index in [0.29, 0.717) is 0 Å². The summed E-state index contributed by atoms with van der Waals surface area (Å²) < 4.78 is 6.58. The molecule has 0 atom stereocenters. The van der Waals surface area contributed by atoms with Crippen LogP contribution in [-0.4, -0.2) is 0 Å². The summed E-state index contributed by atoms with van der Waals surface area (Å²) in [6.45, 7) is 3.80. The number of benzene rings is 1. The van der Waals surface area contributed by atoms with Crippen molar-refractivity contribution in [3.05, 3.63) is 40.6 Å². The van der Waals surface area contributed by atoms with Gasteiger partial charge in [-0.05, 0) is 30.2 Å². The van der Waals surface area contributed by atoms with Gasteiger partial charge < -0.3 is 4.74 Å². The lowest BCUT2D eigenvalue weighted by atomic mass is 10.1. The first kappa shape index (κ1) is 7.87. The molecule has 12 heavy (non-hydrogen) atoms. The molecule has 2 heteroatoms. The van der Waals surface area contributed by atoms with Crippen molar-refractivity contribution in [3.63, 3.8) is 0 Å². The molecule has 0 aromatic heterocycles. The molecule has 0 amide bonds. The lowest BCUT2D eigenvalue weighted by Crippen LogP contribution is -2.05. The van der Waals surface area contributed by atoms with E-state index in [4.69, 9.17) is 4.74 Å². The Kier molecular flexibility index (Phi) is 1.93. The molecule has 0 saturated heterocycles. The fraction of sp³-hybridized carbons (Fsp3) is 0.200. The van der Waals surface area contributed by atoms with Crippen molar-refractivity contribution in [2.24, 2.45) is 0 Å². The molecule has 1 nitrogen and oxygen atoms in total. The number of rotatable bonds is 0. The Morgan fingerprint density at radius 2 is 2.17 bits per heavy atom. The van der Waals surface area contributed by atoms with Crippen molar-refractivity contribution in [2.45, 2.75) is 12.8 Å². The minimum absolute atomic E-state index is 0.866. The lowest BCUT2D eigenvalue weighted by molar-refractivity contribution is 0.381. The molecule has 0 radical (unpaired) electrons. The minimum Gasteiger partial charge on any atom is -0.462 e. The second kappa shape index (κ2) is 2.94. The monoisotopic (exact) mass is 224 g/mol. The normalized spacial score (nSPS) is 15.2. The molecule has 0 saturated carbocycles. The van der Waals surface area contributed by atoms with Crippen LogP contribution in [0.3, 0.4) is 0 Å². The van der Waals surface area contributed by atoms with E-state index in [1.807, 2.05) is 12.1 Å². The molecule has 1 aromatic rings. The third-order valence-electron chi connectivity index (χ3n) is 1.95. The second-order valence-corrected chi connectivity index (χ2v) is 3.81. The quantitative estimate of drug-likeness (QED) is 0.658. The summed E-state index contributed by atoms with van der Waals surface area (Å²) in [4.78, 5) is 0. The third-order valence-corrected chi connectivity index (χ3v) is 2.44. The predicted octanol–water partition coefficient (Wildman–Crippen LogP) is 3.29. The summed E-state index contributed by atoms with van der Waals surface area (Å²) in [5.41, 5.74) is 1.26. The van der Waals surface area contributed by atoms with E-state index in [2.05, 4.69) is 28.6 Å². The fourth-order valence-corrected chi connectivity index (χ4v) is 1.73. The zero-order chi connectivity index (χ0) is 8.55. The van der Waals surface area contributed by atoms with Crippen LogP contribution in [0.15, 0.2) is 35.0 Å². The van der Waals surface area contributed by atoms with Crippen LogP contribution >= 0.6 is 15.9 Å². The number of hydrogen-bond acceptors (Lipinski definition) is 1. The van der Waals surface area contributed by atoms with Crippen LogP contribution in [0, 0.1) is 0 Å². The molecule has 1 aliphatic heterocycles. The van der Waals surface area contributed by atoms with E-state index >= 15 is 0 Å². The van der Waals surface area contributed by atoms with Crippen molar-refractivity contribution in [1.29, 1.82) is 0 Å². The number of ether oxygens (including phenoxy) is 1. The van der Waals surface area contributed by atoms with Crippen molar-refractivity contribution in [1.82, 2.24) is 0 Å². The third kappa shape index (κ3) is 1.39. The molecule has 0 spiro atoms. The summed E-state index contributed by atoms with van der Waals surface area (Å²) in [6, 6.07) is 6.06. The van der Waals surface area contributed by atoms with Crippen LogP contribution in [0.2, 0.25) is 0 Å². The summed E-state index contributed by atoms with van der Waals surface area (Å²) in [5.74, 6) is 1.82. The van der Waals surface area contributed by atoms with Crippen molar-refractivity contribution in [2.75, 3.05) is 0 Å². The van der Waals surface area contributed by atoms with Crippen molar-refractivity contribution < 1.29 is 4.74 Å². The molecular weight excluding hydrogens is 216 g/mol. The van der Waals surface area contributed by atoms with Gasteiger partial charge in [-0.25, -0.2) is 0 Å². The fourth-order valence-electron chi connectivity index (χ4n) is 1.32. The Balaban J connectivity index is 2.43. The SMILES string of the molecule is C=C1CCc2cc(Br)ccc2O1. The average Bonchev–Trinajstić information content (AvgIpc) is 2.05. The summed E-state index contributed by atoms with van der Waals surface area (Å²) >= 11 is 3.43. The molecule has 0 fully saturated rings. The molecule has 0 bridgehead atoms. The molecule has 1 aromatic carbocycles. The Bertz CT molecular complexity index is 331. The van der Waals surface area contributed by atoms with Crippen LogP contribution in [0.1, 0.15) is 12.0 Å². The van der Waals surface area contributed by atoms with Gasteiger partial charge in [-0.2, -0.15) is 0 Å². The highest BCUT2D eigenvalue weighted by Gasteiger charge is 2.12. The van der Waals surface area contributed by atoms with Crippen LogP contribution in [-0.2, 0) is 6.42 Å². The topological polar surface area (TPSA) is 9.23 Å². The Hall–Kier alpha value is -0.760. The highest BCUT2D eigenvalue weighted by Crippen LogP contribution is 2.30. The highest BCUT2D eigenvalue weighted by atomic mass is 79.9. The summed E-state index contributed by atoms with van der Waals surface area (Å²) in [6.07, 6.45) is 1.97. The van der Waals surface area contributed by atoms with Gasteiger partial charge in [-0.3, -0.25) is 0 Å². The number of fused-ring (bicyclic) bond motifs is 1. The van der Waals surface area contributed by atoms with E-state index in [1.165, 1.54) is 5.56 Å². The Morgan fingerprint density at radius 3 is 3.00 bits per heavy atom. The number of aryl methyl sites for hydroxylation is 1. The molecule has 0 aliphatic carbocycles. The standard InChI is InChI=1S/C10H9BrO/c1-7-2-3-8-6-9(11)4-5-10(8)12-7/h4-6H,1-3H2. The highest BCUT2D eigenvalue weighted by molar-refractivity contribution is 9.10. The first-order chi connectivity index (χ1) is 5.75. The summed E-state index contributed by atoms with van der Waals surface area (Å²) in [5, 5.41) is 0. The van der Waals surface area contributed by atoms with Gasteiger partial charge in [0.15, 0.2) is 0 Å². The maximum atomic E-state index is 5.47. The van der Waals surface area contributed by atoms with E-state index in [9.17, 15) is 0 Å². The molecule has 2 rings (SSSR count). The molecule has 1 heterocycles. The maximum absolute atomic E-state index is 5.47. The van der Waals surface area contributed by atoms with Crippen molar-refractivity contribution >= 4 is 15.9 Å².